The summed E-state index contributed by atoms with van der Waals surface area (Å²) in [6.07, 6.45) is 0.951. The molecule has 40 heavy (non-hydrogen) atoms. The van der Waals surface area contributed by atoms with Crippen molar-refractivity contribution < 1.29 is 9.53 Å². The lowest BCUT2D eigenvalue weighted by Gasteiger charge is -2.12. The number of amides is 1. The van der Waals surface area contributed by atoms with Gasteiger partial charge in [0, 0.05) is 21.4 Å². The zero-order chi connectivity index (χ0) is 28.2. The molecule has 5 rings (SSSR count). The summed E-state index contributed by atoms with van der Waals surface area (Å²) in [6, 6.07) is 27.8. The van der Waals surface area contributed by atoms with E-state index >= 15 is 0 Å². The van der Waals surface area contributed by atoms with Gasteiger partial charge in [0.1, 0.15) is 16.8 Å². The summed E-state index contributed by atoms with van der Waals surface area (Å²) >= 11 is 1.42. The number of ether oxygens (including phenoxy) is 1. The van der Waals surface area contributed by atoms with Crippen molar-refractivity contribution in [3.63, 3.8) is 0 Å². The molecule has 0 fully saturated rings. The van der Waals surface area contributed by atoms with E-state index in [2.05, 4.69) is 44.3 Å². The second-order valence-electron chi connectivity index (χ2n) is 10.2. The highest BCUT2D eigenvalue weighted by Crippen LogP contribution is 2.40. The highest BCUT2D eigenvalue weighted by molar-refractivity contribution is 7.17. The fourth-order valence-corrected chi connectivity index (χ4v) is 5.71. The van der Waals surface area contributed by atoms with Crippen molar-refractivity contribution in [2.24, 2.45) is 5.92 Å². The van der Waals surface area contributed by atoms with Gasteiger partial charge < -0.3 is 10.1 Å². The quantitative estimate of drug-likeness (QED) is 0.212. The SMILES string of the molecule is CCc1ccc(-c2c(C)sc(NC(=O)c3cc(-c4cccc(OCC(C)C)c4)nc4ccccc34)c2C#N)cc1. The molecular formula is C34H31N3O2S. The zero-order valence-electron chi connectivity index (χ0n) is 23.1. The Labute approximate surface area is 239 Å². The molecular weight excluding hydrogens is 514 g/mol. The van der Waals surface area contributed by atoms with E-state index in [0.717, 1.165) is 44.6 Å². The van der Waals surface area contributed by atoms with Crippen LogP contribution in [0, 0.1) is 24.2 Å². The van der Waals surface area contributed by atoms with Crippen LogP contribution in [0.1, 0.15) is 47.1 Å². The molecule has 0 radical (unpaired) electrons. The fourth-order valence-electron chi connectivity index (χ4n) is 4.68. The van der Waals surface area contributed by atoms with Crippen molar-refractivity contribution in [1.29, 1.82) is 5.26 Å². The normalized spacial score (nSPS) is 11.0. The second-order valence-corrected chi connectivity index (χ2v) is 11.4. The van der Waals surface area contributed by atoms with E-state index in [1.807, 2.05) is 73.7 Å². The molecule has 2 heterocycles. The van der Waals surface area contributed by atoms with Crippen LogP contribution in [0.4, 0.5) is 5.00 Å². The lowest BCUT2D eigenvalue weighted by molar-refractivity contribution is 0.102. The first kappa shape index (κ1) is 27.1. The Hall–Kier alpha value is -4.47. The van der Waals surface area contributed by atoms with Crippen molar-refractivity contribution in [2.75, 3.05) is 11.9 Å². The molecule has 0 saturated heterocycles. The van der Waals surface area contributed by atoms with Crippen LogP contribution in [0.5, 0.6) is 5.75 Å². The van der Waals surface area contributed by atoms with Crippen molar-refractivity contribution >= 4 is 33.1 Å². The van der Waals surface area contributed by atoms with Crippen LogP contribution in [-0.2, 0) is 6.42 Å². The van der Waals surface area contributed by atoms with E-state index in [-0.39, 0.29) is 5.91 Å². The monoisotopic (exact) mass is 545 g/mol. The molecule has 0 aliphatic carbocycles. The van der Waals surface area contributed by atoms with Gasteiger partial charge in [0.2, 0.25) is 0 Å². The van der Waals surface area contributed by atoms with E-state index < -0.39 is 0 Å². The molecule has 6 heteroatoms. The average molecular weight is 546 g/mol. The van der Waals surface area contributed by atoms with E-state index in [0.29, 0.717) is 34.3 Å². The molecule has 200 valence electrons. The molecule has 0 spiro atoms. The molecule has 0 aliphatic rings. The van der Waals surface area contributed by atoms with Gasteiger partial charge in [-0.2, -0.15) is 5.26 Å². The maximum atomic E-state index is 13.8. The van der Waals surface area contributed by atoms with Gasteiger partial charge in [0.05, 0.1) is 28.9 Å². The molecule has 1 amide bonds. The smallest absolute Gasteiger partial charge is 0.257 e. The number of aromatic nitrogens is 1. The second kappa shape index (κ2) is 11.7. The van der Waals surface area contributed by atoms with Crippen LogP contribution in [-0.4, -0.2) is 17.5 Å². The average Bonchev–Trinajstić information content (AvgIpc) is 3.29. The molecule has 0 saturated carbocycles. The molecule has 0 atom stereocenters. The summed E-state index contributed by atoms with van der Waals surface area (Å²) in [6.45, 7) is 8.94. The van der Waals surface area contributed by atoms with Crippen LogP contribution >= 0.6 is 11.3 Å². The number of benzene rings is 3. The summed E-state index contributed by atoms with van der Waals surface area (Å²) in [5.41, 5.74) is 6.32. The minimum Gasteiger partial charge on any atom is -0.493 e. The van der Waals surface area contributed by atoms with Gasteiger partial charge in [-0.15, -0.1) is 11.3 Å². The molecule has 5 aromatic rings. The molecule has 0 aliphatic heterocycles. The molecule has 0 unspecified atom stereocenters. The Bertz CT molecular complexity index is 1730. The summed E-state index contributed by atoms with van der Waals surface area (Å²) in [5.74, 6) is 0.894. The van der Waals surface area contributed by atoms with Gasteiger partial charge in [-0.3, -0.25) is 4.79 Å². The number of carbonyl (C=O) groups excluding carboxylic acids is 1. The molecule has 5 nitrogen and oxygen atoms in total. The van der Waals surface area contributed by atoms with Gasteiger partial charge in [-0.05, 0) is 54.7 Å². The number of nitrogens with one attached hydrogen (secondary N) is 1. The number of hydrogen-bond acceptors (Lipinski definition) is 5. The van der Waals surface area contributed by atoms with Crippen LogP contribution in [0.2, 0.25) is 0 Å². The van der Waals surface area contributed by atoms with Crippen molar-refractivity contribution in [2.45, 2.75) is 34.1 Å². The summed E-state index contributed by atoms with van der Waals surface area (Å²) in [5, 5.41) is 14.5. The Kier molecular flexibility index (Phi) is 7.95. The topological polar surface area (TPSA) is 75.0 Å². The number of nitriles is 1. The van der Waals surface area contributed by atoms with E-state index in [9.17, 15) is 10.1 Å². The number of rotatable bonds is 8. The number of pyridine rings is 1. The lowest BCUT2D eigenvalue weighted by Crippen LogP contribution is -2.13. The number of fused-ring (bicyclic) bond motifs is 1. The minimum absolute atomic E-state index is 0.280. The van der Waals surface area contributed by atoms with Crippen molar-refractivity contribution in [1.82, 2.24) is 4.98 Å². The first-order chi connectivity index (χ1) is 19.4. The number of aryl methyl sites for hydroxylation is 2. The van der Waals surface area contributed by atoms with Gasteiger partial charge in [0.15, 0.2) is 0 Å². The third-order valence-electron chi connectivity index (χ3n) is 6.75. The van der Waals surface area contributed by atoms with Gasteiger partial charge in [-0.25, -0.2) is 4.98 Å². The Morgan fingerprint density at radius 3 is 2.52 bits per heavy atom. The van der Waals surface area contributed by atoms with E-state index in [4.69, 9.17) is 9.72 Å². The predicted octanol–water partition coefficient (Wildman–Crippen LogP) is 8.66. The summed E-state index contributed by atoms with van der Waals surface area (Å²) < 4.78 is 5.93. The number of carbonyl (C=O) groups is 1. The number of para-hydroxylation sites is 1. The first-order valence-electron chi connectivity index (χ1n) is 13.4. The molecule has 3 aromatic carbocycles. The maximum Gasteiger partial charge on any atom is 0.257 e. The number of nitrogens with zero attached hydrogens (tertiary/aromatic N) is 2. The number of hydrogen-bond donors (Lipinski definition) is 1. The van der Waals surface area contributed by atoms with Gasteiger partial charge >= 0.3 is 0 Å². The summed E-state index contributed by atoms with van der Waals surface area (Å²) in [4.78, 5) is 19.6. The molecule has 2 aromatic heterocycles. The van der Waals surface area contributed by atoms with Gasteiger partial charge in [-0.1, -0.05) is 75.4 Å². The summed E-state index contributed by atoms with van der Waals surface area (Å²) in [7, 11) is 0. The van der Waals surface area contributed by atoms with Crippen LogP contribution in [0.15, 0.2) is 78.9 Å². The van der Waals surface area contributed by atoms with Crippen LogP contribution < -0.4 is 10.1 Å². The highest BCUT2D eigenvalue weighted by atomic mass is 32.1. The zero-order valence-corrected chi connectivity index (χ0v) is 23.9. The van der Waals surface area contributed by atoms with Gasteiger partial charge in [0.25, 0.3) is 5.91 Å². The van der Waals surface area contributed by atoms with E-state index in [1.165, 1.54) is 16.9 Å². The Balaban J connectivity index is 1.52. The third kappa shape index (κ3) is 5.61. The van der Waals surface area contributed by atoms with E-state index in [1.54, 1.807) is 0 Å². The fraction of sp³-hybridized carbons (Fsp3) is 0.206. The Morgan fingerprint density at radius 1 is 1.02 bits per heavy atom. The highest BCUT2D eigenvalue weighted by Gasteiger charge is 2.21. The standard InChI is InChI=1S/C34H31N3O2S/c1-5-23-13-15-24(16-14-23)32-22(4)40-34(29(32)19-35)37-33(38)28-18-31(36-30-12-7-6-11-27(28)30)25-9-8-10-26(17-25)39-20-21(2)3/h6-18,21H,5,20H2,1-4H3,(H,37,38). The Morgan fingerprint density at radius 2 is 1.80 bits per heavy atom. The first-order valence-corrected chi connectivity index (χ1v) is 14.3. The van der Waals surface area contributed by atoms with Crippen LogP contribution in [0.25, 0.3) is 33.3 Å². The van der Waals surface area contributed by atoms with Crippen molar-refractivity contribution in [3.8, 4) is 34.2 Å². The minimum atomic E-state index is -0.280. The third-order valence-corrected chi connectivity index (χ3v) is 7.77. The largest absolute Gasteiger partial charge is 0.493 e. The molecule has 0 bridgehead atoms. The number of anilines is 1. The van der Waals surface area contributed by atoms with Crippen LogP contribution in [0.3, 0.4) is 0 Å². The lowest BCUT2D eigenvalue weighted by atomic mass is 10.00. The molecule has 1 N–H and O–H groups in total. The maximum absolute atomic E-state index is 13.8. The van der Waals surface area contributed by atoms with Crippen molar-refractivity contribution in [3.05, 3.63) is 100 Å². The number of thiophene rings is 1. The predicted molar refractivity (Wildman–Crippen MR) is 164 cm³/mol.